The van der Waals surface area contributed by atoms with E-state index in [1.165, 1.54) is 12.1 Å². The van der Waals surface area contributed by atoms with Crippen molar-refractivity contribution in [2.45, 2.75) is 19.4 Å². The fourth-order valence-electron chi connectivity index (χ4n) is 3.39. The number of ether oxygens (including phenoxy) is 1. The third-order valence-corrected chi connectivity index (χ3v) is 5.21. The van der Waals surface area contributed by atoms with E-state index in [9.17, 15) is 9.18 Å². The van der Waals surface area contributed by atoms with E-state index in [-0.39, 0.29) is 17.6 Å². The lowest BCUT2D eigenvalue weighted by Crippen LogP contribution is -2.14. The molecule has 2 aromatic heterocycles. The Hall–Kier alpha value is -3.67. The van der Waals surface area contributed by atoms with E-state index in [0.717, 1.165) is 46.3 Å². The van der Waals surface area contributed by atoms with Gasteiger partial charge in [-0.3, -0.25) is 4.79 Å². The quantitative estimate of drug-likeness (QED) is 0.461. The van der Waals surface area contributed by atoms with Crippen molar-refractivity contribution in [3.63, 3.8) is 0 Å². The van der Waals surface area contributed by atoms with Crippen LogP contribution in [0.15, 0.2) is 66.9 Å². The zero-order chi connectivity index (χ0) is 20.5. The summed E-state index contributed by atoms with van der Waals surface area (Å²) in [4.78, 5) is 19.8. The average Bonchev–Trinajstić information content (AvgIpc) is 3.51. The molecule has 1 saturated carbocycles. The molecule has 2 heterocycles. The molecule has 0 aliphatic heterocycles. The zero-order valence-corrected chi connectivity index (χ0v) is 16.2. The zero-order valence-electron chi connectivity index (χ0n) is 16.2. The molecule has 1 aliphatic rings. The van der Waals surface area contributed by atoms with Crippen molar-refractivity contribution in [3.8, 4) is 16.9 Å². The van der Waals surface area contributed by atoms with Crippen LogP contribution in [0.2, 0.25) is 0 Å². The standard InChI is InChI=1S/C24H20FN3O2/c25-18-7-1-15(2-8-18)14-30-19-9-5-16(6-10-19)21-13-22(28-24(29)17-3-4-17)27-23-20(21)11-12-26-23/h1-2,5-13,17H,3-4,14H2,(H2,26,27,28,29). The molecular formula is C24H20FN3O2. The Morgan fingerprint density at radius 3 is 2.60 bits per heavy atom. The molecule has 0 radical (unpaired) electrons. The summed E-state index contributed by atoms with van der Waals surface area (Å²) in [5.41, 5.74) is 3.62. The minimum absolute atomic E-state index is 0.0314. The maximum Gasteiger partial charge on any atom is 0.228 e. The first-order valence-corrected chi connectivity index (χ1v) is 9.92. The molecule has 1 aliphatic carbocycles. The molecule has 2 aromatic carbocycles. The summed E-state index contributed by atoms with van der Waals surface area (Å²) >= 11 is 0. The van der Waals surface area contributed by atoms with Crippen LogP contribution in [0.25, 0.3) is 22.2 Å². The Kier molecular flexibility index (Phi) is 4.67. The first kappa shape index (κ1) is 18.4. The van der Waals surface area contributed by atoms with Crippen molar-refractivity contribution < 1.29 is 13.9 Å². The van der Waals surface area contributed by atoms with Crippen LogP contribution in [-0.2, 0) is 11.4 Å². The number of nitrogens with one attached hydrogen (secondary N) is 2. The van der Waals surface area contributed by atoms with Gasteiger partial charge in [0.15, 0.2) is 0 Å². The lowest BCUT2D eigenvalue weighted by molar-refractivity contribution is -0.117. The molecule has 0 atom stereocenters. The number of hydrogen-bond acceptors (Lipinski definition) is 3. The van der Waals surface area contributed by atoms with Crippen molar-refractivity contribution >= 4 is 22.8 Å². The van der Waals surface area contributed by atoms with E-state index in [2.05, 4.69) is 15.3 Å². The molecule has 5 nitrogen and oxygen atoms in total. The van der Waals surface area contributed by atoms with Gasteiger partial charge in [0.05, 0.1) is 0 Å². The van der Waals surface area contributed by atoms with Gasteiger partial charge in [0.25, 0.3) is 0 Å². The van der Waals surface area contributed by atoms with Gasteiger partial charge in [-0.05, 0) is 65.9 Å². The van der Waals surface area contributed by atoms with E-state index in [1.807, 2.05) is 42.6 Å². The maximum absolute atomic E-state index is 13.0. The summed E-state index contributed by atoms with van der Waals surface area (Å²) in [6, 6.07) is 17.9. The van der Waals surface area contributed by atoms with E-state index >= 15 is 0 Å². The number of carbonyl (C=O) groups is 1. The molecule has 2 N–H and O–H groups in total. The number of amides is 1. The normalized spacial score (nSPS) is 13.4. The summed E-state index contributed by atoms with van der Waals surface area (Å²) in [6.45, 7) is 0.369. The SMILES string of the molecule is O=C(Nc1cc(-c2ccc(OCc3ccc(F)cc3)cc2)c2cc[nH]c2n1)C1CC1. The Labute approximate surface area is 172 Å². The van der Waals surface area contributed by atoms with Crippen molar-refractivity contribution in [2.75, 3.05) is 5.32 Å². The second-order valence-electron chi connectivity index (χ2n) is 7.50. The highest BCUT2D eigenvalue weighted by Crippen LogP contribution is 2.33. The highest BCUT2D eigenvalue weighted by molar-refractivity contribution is 5.98. The number of anilines is 1. The number of nitrogens with zero attached hydrogens (tertiary/aromatic N) is 1. The number of pyridine rings is 1. The number of carbonyl (C=O) groups excluding carboxylic acids is 1. The van der Waals surface area contributed by atoms with Crippen molar-refractivity contribution in [1.29, 1.82) is 0 Å². The van der Waals surface area contributed by atoms with Gasteiger partial charge in [-0.15, -0.1) is 0 Å². The highest BCUT2D eigenvalue weighted by atomic mass is 19.1. The third-order valence-electron chi connectivity index (χ3n) is 5.21. The summed E-state index contributed by atoms with van der Waals surface area (Å²) in [6.07, 6.45) is 3.74. The fraction of sp³-hybridized carbons (Fsp3) is 0.167. The van der Waals surface area contributed by atoms with Crippen LogP contribution in [0.1, 0.15) is 18.4 Å². The van der Waals surface area contributed by atoms with Gasteiger partial charge in [0, 0.05) is 17.5 Å². The molecule has 5 rings (SSSR count). The Balaban J connectivity index is 1.37. The minimum atomic E-state index is -0.260. The van der Waals surface area contributed by atoms with Gasteiger partial charge >= 0.3 is 0 Å². The summed E-state index contributed by atoms with van der Waals surface area (Å²) in [5, 5.41) is 3.91. The van der Waals surface area contributed by atoms with E-state index in [0.29, 0.717) is 12.4 Å². The van der Waals surface area contributed by atoms with E-state index in [4.69, 9.17) is 4.74 Å². The maximum atomic E-state index is 13.0. The van der Waals surface area contributed by atoms with E-state index in [1.54, 1.807) is 12.1 Å². The number of H-pyrrole nitrogens is 1. The van der Waals surface area contributed by atoms with Crippen LogP contribution in [0.3, 0.4) is 0 Å². The molecule has 0 spiro atoms. The van der Waals surface area contributed by atoms with Crippen LogP contribution in [0, 0.1) is 11.7 Å². The van der Waals surface area contributed by atoms with Gasteiger partial charge in [-0.1, -0.05) is 24.3 Å². The molecular weight excluding hydrogens is 381 g/mol. The largest absolute Gasteiger partial charge is 0.489 e. The van der Waals surface area contributed by atoms with Gasteiger partial charge in [-0.2, -0.15) is 0 Å². The minimum Gasteiger partial charge on any atom is -0.489 e. The van der Waals surface area contributed by atoms with Crippen molar-refractivity contribution in [1.82, 2.24) is 9.97 Å². The smallest absolute Gasteiger partial charge is 0.228 e. The highest BCUT2D eigenvalue weighted by Gasteiger charge is 2.30. The predicted octanol–water partition coefficient (Wildman–Crippen LogP) is 5.30. The predicted molar refractivity (Wildman–Crippen MR) is 114 cm³/mol. The Morgan fingerprint density at radius 1 is 1.10 bits per heavy atom. The Morgan fingerprint density at radius 2 is 1.87 bits per heavy atom. The molecule has 0 bridgehead atoms. The van der Waals surface area contributed by atoms with Gasteiger partial charge in [0.1, 0.15) is 29.6 Å². The van der Waals surface area contributed by atoms with Gasteiger partial charge < -0.3 is 15.0 Å². The third kappa shape index (κ3) is 3.89. The van der Waals surface area contributed by atoms with Crippen LogP contribution >= 0.6 is 0 Å². The lowest BCUT2D eigenvalue weighted by Gasteiger charge is -2.10. The van der Waals surface area contributed by atoms with Crippen LogP contribution in [-0.4, -0.2) is 15.9 Å². The summed E-state index contributed by atoms with van der Waals surface area (Å²) in [7, 11) is 0. The van der Waals surface area contributed by atoms with E-state index < -0.39 is 0 Å². The number of aromatic nitrogens is 2. The molecule has 150 valence electrons. The molecule has 30 heavy (non-hydrogen) atoms. The first-order valence-electron chi connectivity index (χ1n) is 9.92. The fourth-order valence-corrected chi connectivity index (χ4v) is 3.39. The van der Waals surface area contributed by atoms with Gasteiger partial charge in [-0.25, -0.2) is 9.37 Å². The molecule has 0 unspecified atom stereocenters. The molecule has 6 heteroatoms. The monoisotopic (exact) mass is 401 g/mol. The first-order chi connectivity index (χ1) is 14.7. The van der Waals surface area contributed by atoms with Crippen LogP contribution < -0.4 is 10.1 Å². The van der Waals surface area contributed by atoms with Gasteiger partial charge in [0.2, 0.25) is 5.91 Å². The second kappa shape index (κ2) is 7.63. The van der Waals surface area contributed by atoms with Crippen molar-refractivity contribution in [3.05, 3.63) is 78.2 Å². The number of halogens is 1. The number of fused-ring (bicyclic) bond motifs is 1. The number of rotatable bonds is 6. The van der Waals surface area contributed by atoms with Crippen molar-refractivity contribution in [2.24, 2.45) is 5.92 Å². The summed E-state index contributed by atoms with van der Waals surface area (Å²) < 4.78 is 18.8. The summed E-state index contributed by atoms with van der Waals surface area (Å²) in [5.74, 6) is 1.17. The molecule has 0 saturated heterocycles. The van der Waals surface area contributed by atoms with Crippen LogP contribution in [0.5, 0.6) is 5.75 Å². The molecule has 4 aromatic rings. The number of benzene rings is 2. The molecule has 1 fully saturated rings. The Bertz CT molecular complexity index is 1200. The second-order valence-corrected chi connectivity index (χ2v) is 7.50. The molecule has 1 amide bonds. The topological polar surface area (TPSA) is 67.0 Å². The average molecular weight is 401 g/mol. The number of aromatic amines is 1. The lowest BCUT2D eigenvalue weighted by atomic mass is 10.0. The van der Waals surface area contributed by atoms with Crippen LogP contribution in [0.4, 0.5) is 10.2 Å². The number of hydrogen-bond donors (Lipinski definition) is 2.